The summed E-state index contributed by atoms with van der Waals surface area (Å²) in [7, 11) is 0. The predicted molar refractivity (Wildman–Crippen MR) is 181 cm³/mol. The number of nitrogens with zero attached hydrogens (tertiary/aromatic N) is 2. The van der Waals surface area contributed by atoms with Crippen molar-refractivity contribution in [3.63, 3.8) is 0 Å². The van der Waals surface area contributed by atoms with Gasteiger partial charge in [0.1, 0.15) is 11.4 Å². The largest absolute Gasteiger partial charge is 0.399 e. The van der Waals surface area contributed by atoms with Crippen LogP contribution in [-0.4, -0.2) is 11.4 Å². The SMILES string of the molecule is N=C1C(=N)C(N2c3ccccc3Sc3ccccc32)=CC=C1N1c2ccccc2Sc2ccccc21.Nc1ccccc1. The van der Waals surface area contributed by atoms with Crippen LogP contribution in [0, 0.1) is 10.8 Å². The number of nitrogens with two attached hydrogens (primary N) is 1. The van der Waals surface area contributed by atoms with Gasteiger partial charge in [-0.15, -0.1) is 0 Å². The highest BCUT2D eigenvalue weighted by Gasteiger charge is 2.34. The van der Waals surface area contributed by atoms with Crippen molar-refractivity contribution < 1.29 is 0 Å². The van der Waals surface area contributed by atoms with E-state index in [-0.39, 0.29) is 11.4 Å². The van der Waals surface area contributed by atoms with E-state index in [2.05, 4.69) is 58.3 Å². The van der Waals surface area contributed by atoms with E-state index in [1.54, 1.807) is 23.5 Å². The molecule has 0 amide bonds. The fourth-order valence-electron chi connectivity index (χ4n) is 5.33. The number of allylic oxidation sites excluding steroid dienone is 4. The second-order valence-corrected chi connectivity index (χ2v) is 12.2. The number of fused-ring (bicyclic) bond motifs is 4. The smallest absolute Gasteiger partial charge is 0.105 e. The van der Waals surface area contributed by atoms with Crippen LogP contribution in [0.5, 0.6) is 0 Å². The Labute approximate surface area is 259 Å². The molecule has 0 atom stereocenters. The van der Waals surface area contributed by atoms with Gasteiger partial charge in [-0.05, 0) is 72.8 Å². The van der Waals surface area contributed by atoms with Gasteiger partial charge in [0.05, 0.1) is 34.1 Å². The van der Waals surface area contributed by atoms with Crippen molar-refractivity contribution in [3.8, 4) is 0 Å². The zero-order chi connectivity index (χ0) is 29.3. The first-order valence-corrected chi connectivity index (χ1v) is 15.5. The summed E-state index contributed by atoms with van der Waals surface area (Å²) < 4.78 is 0. The molecule has 8 rings (SSSR count). The van der Waals surface area contributed by atoms with Gasteiger partial charge in [0.25, 0.3) is 0 Å². The van der Waals surface area contributed by atoms with Crippen LogP contribution in [-0.2, 0) is 0 Å². The number of benzene rings is 5. The fraction of sp³-hybridized carbons (Fsp3) is 0. The first-order chi connectivity index (χ1) is 21.1. The maximum Gasteiger partial charge on any atom is 0.105 e. The average Bonchev–Trinajstić information content (AvgIpc) is 3.05. The molecule has 7 heteroatoms. The zero-order valence-corrected chi connectivity index (χ0v) is 24.7. The van der Waals surface area contributed by atoms with E-state index in [9.17, 15) is 10.8 Å². The third kappa shape index (κ3) is 4.92. The highest BCUT2D eigenvalue weighted by atomic mass is 32.2. The first-order valence-electron chi connectivity index (χ1n) is 13.8. The number of anilines is 5. The molecule has 0 saturated heterocycles. The Kier molecular flexibility index (Phi) is 7.10. The minimum absolute atomic E-state index is 0.206. The zero-order valence-electron chi connectivity index (χ0n) is 23.1. The van der Waals surface area contributed by atoms with Gasteiger partial charge in [-0.3, -0.25) is 10.8 Å². The van der Waals surface area contributed by atoms with E-state index in [4.69, 9.17) is 5.73 Å². The molecule has 0 saturated carbocycles. The number of rotatable bonds is 2. The average molecular weight is 594 g/mol. The van der Waals surface area contributed by atoms with Gasteiger partial charge in [-0.1, -0.05) is 90.3 Å². The Bertz CT molecular complexity index is 1730. The van der Waals surface area contributed by atoms with Crippen LogP contribution in [0.3, 0.4) is 0 Å². The van der Waals surface area contributed by atoms with Crippen LogP contribution in [0.1, 0.15) is 0 Å². The Morgan fingerprint density at radius 1 is 0.419 bits per heavy atom. The van der Waals surface area contributed by atoms with Crippen molar-refractivity contribution in [2.24, 2.45) is 0 Å². The first kappa shape index (κ1) is 26.9. The summed E-state index contributed by atoms with van der Waals surface area (Å²) in [5, 5.41) is 18.3. The van der Waals surface area contributed by atoms with Crippen molar-refractivity contribution in [3.05, 3.63) is 151 Å². The predicted octanol–water partition coefficient (Wildman–Crippen LogP) is 9.68. The molecule has 3 aliphatic rings. The summed E-state index contributed by atoms with van der Waals surface area (Å²) in [6.45, 7) is 0. The summed E-state index contributed by atoms with van der Waals surface area (Å²) in [4.78, 5) is 8.81. The quantitative estimate of drug-likeness (QED) is 0.140. The van der Waals surface area contributed by atoms with Gasteiger partial charge in [0.2, 0.25) is 0 Å². The molecular weight excluding hydrogens is 567 g/mol. The van der Waals surface area contributed by atoms with Gasteiger partial charge in [0.15, 0.2) is 0 Å². The Hall–Kier alpha value is -4.98. The molecule has 2 heterocycles. The van der Waals surface area contributed by atoms with E-state index in [0.717, 1.165) is 48.0 Å². The topological polar surface area (TPSA) is 80.2 Å². The Morgan fingerprint density at radius 2 is 0.721 bits per heavy atom. The molecule has 0 radical (unpaired) electrons. The van der Waals surface area contributed by atoms with E-state index < -0.39 is 0 Å². The second kappa shape index (κ2) is 11.4. The van der Waals surface area contributed by atoms with Crippen LogP contribution in [0.25, 0.3) is 0 Å². The molecule has 5 nitrogen and oxygen atoms in total. The monoisotopic (exact) mass is 593 g/mol. The number of nitrogens with one attached hydrogen (secondary N) is 2. The van der Waals surface area contributed by atoms with Gasteiger partial charge in [-0.2, -0.15) is 0 Å². The number of hydrogen-bond acceptors (Lipinski definition) is 7. The van der Waals surface area contributed by atoms with E-state index >= 15 is 0 Å². The lowest BCUT2D eigenvalue weighted by Gasteiger charge is -2.38. The molecule has 0 fully saturated rings. The maximum atomic E-state index is 9.17. The van der Waals surface area contributed by atoms with Gasteiger partial charge in [0, 0.05) is 25.3 Å². The highest BCUT2D eigenvalue weighted by molar-refractivity contribution is 8.00. The summed E-state index contributed by atoms with van der Waals surface area (Å²) in [6.07, 6.45) is 3.98. The lowest BCUT2D eigenvalue weighted by Crippen LogP contribution is -2.36. The summed E-state index contributed by atoms with van der Waals surface area (Å²) >= 11 is 3.48. The molecule has 0 unspecified atom stereocenters. The van der Waals surface area contributed by atoms with Crippen molar-refractivity contribution in [2.75, 3.05) is 15.5 Å². The van der Waals surface area contributed by atoms with Crippen molar-refractivity contribution in [1.29, 1.82) is 10.8 Å². The van der Waals surface area contributed by atoms with Crippen LogP contribution >= 0.6 is 23.5 Å². The lowest BCUT2D eigenvalue weighted by atomic mass is 9.98. The molecule has 208 valence electrons. The van der Waals surface area contributed by atoms with E-state index in [1.165, 1.54) is 0 Å². The van der Waals surface area contributed by atoms with Crippen LogP contribution < -0.4 is 15.5 Å². The molecule has 43 heavy (non-hydrogen) atoms. The van der Waals surface area contributed by atoms with Crippen molar-refractivity contribution >= 4 is 63.4 Å². The number of nitrogen functional groups attached to an aromatic ring is 1. The molecule has 0 aromatic heterocycles. The fourth-order valence-corrected chi connectivity index (χ4v) is 7.45. The normalized spacial score (nSPS) is 14.7. The summed E-state index contributed by atoms with van der Waals surface area (Å²) in [5.74, 6) is 0. The van der Waals surface area contributed by atoms with E-state index in [1.807, 2.05) is 91.0 Å². The van der Waals surface area contributed by atoms with Gasteiger partial charge >= 0.3 is 0 Å². The molecule has 0 bridgehead atoms. The number of hydrogen-bond donors (Lipinski definition) is 3. The third-order valence-electron chi connectivity index (χ3n) is 7.31. The molecule has 4 N–H and O–H groups in total. The Morgan fingerprint density at radius 3 is 1.02 bits per heavy atom. The van der Waals surface area contributed by atoms with E-state index in [0.29, 0.717) is 11.4 Å². The molecule has 1 aliphatic carbocycles. The minimum Gasteiger partial charge on any atom is -0.399 e. The lowest BCUT2D eigenvalue weighted by molar-refractivity contribution is 1.10. The minimum atomic E-state index is 0.206. The van der Waals surface area contributed by atoms with Gasteiger partial charge in [-0.25, -0.2) is 0 Å². The molecule has 0 spiro atoms. The molecule has 2 aliphatic heterocycles. The summed E-state index contributed by atoms with van der Waals surface area (Å²) in [5.41, 5.74) is 12.1. The van der Waals surface area contributed by atoms with Crippen molar-refractivity contribution in [2.45, 2.75) is 19.6 Å². The Balaban J connectivity index is 0.000000379. The molecule has 5 aromatic rings. The highest BCUT2D eigenvalue weighted by Crippen LogP contribution is 2.52. The molecular formula is C36H27N5S2. The van der Waals surface area contributed by atoms with Crippen LogP contribution in [0.4, 0.5) is 28.4 Å². The van der Waals surface area contributed by atoms with Crippen LogP contribution in [0.15, 0.2) is 171 Å². The molecule has 5 aromatic carbocycles. The number of para-hydroxylation sites is 5. The summed E-state index contributed by atoms with van der Waals surface area (Å²) in [6, 6.07) is 42.6. The second-order valence-electron chi connectivity index (χ2n) is 10.0. The van der Waals surface area contributed by atoms with Crippen LogP contribution in [0.2, 0.25) is 0 Å². The third-order valence-corrected chi connectivity index (χ3v) is 9.57. The maximum absolute atomic E-state index is 9.17. The standard InChI is InChI=1S/C30H20N4S2.C6H7N/c31-29-23(33-19-9-1-5-13-25(19)35-26-14-6-2-10-20(26)33)17-18-24(30(29)32)34-21-11-3-7-15-27(21)36-28-16-8-4-12-22(28)34;7-6-4-2-1-3-5-6/h1-18,31-32H;1-5H,7H2. The van der Waals surface area contributed by atoms with Crippen molar-refractivity contribution in [1.82, 2.24) is 0 Å². The van der Waals surface area contributed by atoms with Gasteiger partial charge < -0.3 is 15.5 Å².